The van der Waals surface area contributed by atoms with Gasteiger partial charge in [-0.1, -0.05) is 30.3 Å². The van der Waals surface area contributed by atoms with Crippen LogP contribution in [0.2, 0.25) is 0 Å². The fraction of sp³-hybridized carbons (Fsp3) is 0.143. The van der Waals surface area contributed by atoms with Crippen molar-refractivity contribution in [3.05, 3.63) is 53.3 Å². The third-order valence-corrected chi connectivity index (χ3v) is 3.37. The molecule has 2 N–H and O–H groups in total. The van der Waals surface area contributed by atoms with Crippen LogP contribution in [0.25, 0.3) is 11.0 Å². The molecule has 0 aliphatic carbocycles. The van der Waals surface area contributed by atoms with E-state index < -0.39 is 0 Å². The number of nitrogens with zero attached hydrogens (tertiary/aromatic N) is 2. The van der Waals surface area contributed by atoms with Crippen molar-refractivity contribution in [2.75, 3.05) is 12.0 Å². The Morgan fingerprint density at radius 1 is 1.28 bits per heavy atom. The minimum atomic E-state index is 0.306. The zero-order valence-corrected chi connectivity index (χ0v) is 11.2. The summed E-state index contributed by atoms with van der Waals surface area (Å²) in [4.78, 5) is 9.40. The fourth-order valence-electron chi connectivity index (χ4n) is 1.60. The average molecular weight is 257 g/mol. The lowest BCUT2D eigenvalue weighted by Crippen LogP contribution is -1.98. The first-order chi connectivity index (χ1) is 8.70. The lowest BCUT2D eigenvalue weighted by Gasteiger charge is -2.06. The van der Waals surface area contributed by atoms with Gasteiger partial charge in [0.2, 0.25) is 5.95 Å². The van der Waals surface area contributed by atoms with Crippen molar-refractivity contribution in [3.63, 3.8) is 0 Å². The zero-order chi connectivity index (χ0) is 13.0. The van der Waals surface area contributed by atoms with E-state index in [9.17, 15) is 0 Å². The number of anilines is 1. The molecule has 0 unspecified atom stereocenters. The Morgan fingerprint density at radius 3 is 2.67 bits per heavy atom. The second-order valence-corrected chi connectivity index (χ2v) is 4.72. The molecule has 1 aromatic carbocycles. The average Bonchev–Trinajstić information content (AvgIpc) is 2.41. The normalized spacial score (nSPS) is 11.6. The summed E-state index contributed by atoms with van der Waals surface area (Å²) in [7, 11) is 0. The van der Waals surface area contributed by atoms with Crippen molar-refractivity contribution in [1.29, 1.82) is 0 Å². The minimum absolute atomic E-state index is 0.306. The van der Waals surface area contributed by atoms with Gasteiger partial charge in [0.05, 0.1) is 5.69 Å². The van der Waals surface area contributed by atoms with Crippen LogP contribution in [-0.4, -0.2) is 16.2 Å². The van der Waals surface area contributed by atoms with Crippen LogP contribution in [0.1, 0.15) is 16.8 Å². The maximum absolute atomic E-state index is 5.63. The highest BCUT2D eigenvalue weighted by Crippen LogP contribution is 2.27. The highest BCUT2D eigenvalue weighted by atomic mass is 32.2. The molecule has 18 heavy (non-hydrogen) atoms. The topological polar surface area (TPSA) is 51.8 Å². The van der Waals surface area contributed by atoms with Crippen LogP contribution in [0.4, 0.5) is 5.95 Å². The molecule has 4 heteroatoms. The van der Waals surface area contributed by atoms with Gasteiger partial charge in [-0.25, -0.2) is 9.97 Å². The Balaban J connectivity index is 2.44. The Kier molecular flexibility index (Phi) is 3.99. The summed E-state index contributed by atoms with van der Waals surface area (Å²) in [5.74, 6) is 0.306. The van der Waals surface area contributed by atoms with Crippen molar-refractivity contribution >= 4 is 28.7 Å². The van der Waals surface area contributed by atoms with Crippen molar-refractivity contribution in [1.82, 2.24) is 9.97 Å². The van der Waals surface area contributed by atoms with Crippen molar-refractivity contribution in [2.45, 2.75) is 6.92 Å². The number of benzene rings is 1. The van der Waals surface area contributed by atoms with Gasteiger partial charge in [0, 0.05) is 11.1 Å². The molecule has 0 radical (unpaired) electrons. The van der Waals surface area contributed by atoms with Gasteiger partial charge in [0.25, 0.3) is 0 Å². The molecule has 0 spiro atoms. The third kappa shape index (κ3) is 2.90. The molecule has 0 atom stereocenters. The summed E-state index contributed by atoms with van der Waals surface area (Å²) in [6, 6.07) is 10.2. The van der Waals surface area contributed by atoms with Gasteiger partial charge in [0.1, 0.15) is 0 Å². The molecule has 1 heterocycles. The molecule has 2 aromatic rings. The predicted molar refractivity (Wildman–Crippen MR) is 79.0 cm³/mol. The number of thioether (sulfide) groups is 1. The van der Waals surface area contributed by atoms with E-state index in [4.69, 9.17) is 5.73 Å². The van der Waals surface area contributed by atoms with Gasteiger partial charge in [0.15, 0.2) is 0 Å². The molecule has 3 nitrogen and oxygen atoms in total. The number of hydrogen-bond acceptors (Lipinski definition) is 4. The van der Waals surface area contributed by atoms with E-state index in [-0.39, 0.29) is 0 Å². The van der Waals surface area contributed by atoms with E-state index in [1.807, 2.05) is 31.2 Å². The number of rotatable bonds is 3. The first-order valence-corrected chi connectivity index (χ1v) is 6.83. The maximum Gasteiger partial charge on any atom is 0.220 e. The van der Waals surface area contributed by atoms with Crippen molar-refractivity contribution in [2.24, 2.45) is 0 Å². The molecule has 0 fully saturated rings. The molecule has 0 amide bonds. The maximum atomic E-state index is 5.63. The van der Waals surface area contributed by atoms with Gasteiger partial charge in [-0.05, 0) is 30.4 Å². The minimum Gasteiger partial charge on any atom is -0.368 e. The van der Waals surface area contributed by atoms with Crippen LogP contribution in [0.15, 0.2) is 36.5 Å². The van der Waals surface area contributed by atoms with E-state index in [0.29, 0.717) is 5.95 Å². The quantitative estimate of drug-likeness (QED) is 0.917. The van der Waals surface area contributed by atoms with Crippen LogP contribution in [0, 0.1) is 6.92 Å². The van der Waals surface area contributed by atoms with Crippen LogP contribution in [-0.2, 0) is 0 Å². The van der Waals surface area contributed by atoms with Crippen molar-refractivity contribution < 1.29 is 0 Å². The molecule has 2 rings (SSSR count). The Hall–Kier alpha value is -1.81. The number of hydrogen-bond donors (Lipinski definition) is 1. The molecular weight excluding hydrogens is 242 g/mol. The summed E-state index contributed by atoms with van der Waals surface area (Å²) < 4.78 is 0. The van der Waals surface area contributed by atoms with Crippen molar-refractivity contribution in [3.8, 4) is 0 Å². The zero-order valence-electron chi connectivity index (χ0n) is 10.4. The molecule has 0 aliphatic heterocycles. The molecule has 92 valence electrons. The monoisotopic (exact) mass is 257 g/mol. The smallest absolute Gasteiger partial charge is 0.220 e. The Bertz CT molecular complexity index is 565. The molecule has 0 saturated carbocycles. The first kappa shape index (κ1) is 12.6. The largest absolute Gasteiger partial charge is 0.368 e. The van der Waals surface area contributed by atoms with Gasteiger partial charge in [-0.2, -0.15) is 0 Å². The molecule has 0 aliphatic rings. The number of nitrogens with two attached hydrogens (primary N) is 1. The van der Waals surface area contributed by atoms with Crippen LogP contribution in [0.3, 0.4) is 0 Å². The van der Waals surface area contributed by atoms with E-state index in [0.717, 1.165) is 16.2 Å². The fourth-order valence-corrected chi connectivity index (χ4v) is 2.20. The molecule has 0 saturated heterocycles. The second kappa shape index (κ2) is 5.69. The van der Waals surface area contributed by atoms with E-state index in [2.05, 4.69) is 28.4 Å². The molecule has 0 bridgehead atoms. The van der Waals surface area contributed by atoms with Gasteiger partial charge < -0.3 is 5.73 Å². The van der Waals surface area contributed by atoms with Gasteiger partial charge in [-0.15, -0.1) is 11.8 Å². The number of aromatic nitrogens is 2. The van der Waals surface area contributed by atoms with Crippen LogP contribution < -0.4 is 5.73 Å². The number of nitrogen functional groups attached to an aromatic ring is 1. The Labute approximate surface area is 111 Å². The summed E-state index contributed by atoms with van der Waals surface area (Å²) in [6.07, 6.45) is 5.85. The summed E-state index contributed by atoms with van der Waals surface area (Å²) in [5, 5.41) is 0. The van der Waals surface area contributed by atoms with Gasteiger partial charge >= 0.3 is 0 Å². The summed E-state index contributed by atoms with van der Waals surface area (Å²) in [5.41, 5.74) is 8.70. The molecule has 1 aromatic heterocycles. The standard InChI is InChI=1S/C14H15N3S/c1-10-9-16-14(15)17-12(10)8-13(18-2)11-6-4-3-5-7-11/h3-9H,1-2H3,(H2,15,16,17)/b13-8-. The number of aryl methyl sites for hydroxylation is 1. The Morgan fingerprint density at radius 2 is 2.00 bits per heavy atom. The predicted octanol–water partition coefficient (Wildman–Crippen LogP) is 3.23. The van der Waals surface area contributed by atoms with Gasteiger partial charge in [-0.3, -0.25) is 0 Å². The highest BCUT2D eigenvalue weighted by molar-refractivity contribution is 8.07. The lowest BCUT2D eigenvalue weighted by molar-refractivity contribution is 1.13. The van der Waals surface area contributed by atoms with E-state index >= 15 is 0 Å². The van der Waals surface area contributed by atoms with Crippen LogP contribution >= 0.6 is 11.8 Å². The summed E-state index contributed by atoms with van der Waals surface area (Å²) in [6.45, 7) is 1.98. The lowest BCUT2D eigenvalue weighted by atomic mass is 10.1. The SMILES string of the molecule is CS/C(=C\c1nc(N)ncc1C)c1ccccc1. The highest BCUT2D eigenvalue weighted by Gasteiger charge is 2.03. The third-order valence-electron chi connectivity index (χ3n) is 2.58. The first-order valence-electron chi connectivity index (χ1n) is 5.61. The molecular formula is C14H15N3S. The summed E-state index contributed by atoms with van der Waals surface area (Å²) >= 11 is 1.69. The van der Waals surface area contributed by atoms with E-state index in [1.54, 1.807) is 18.0 Å². The second-order valence-electron chi connectivity index (χ2n) is 3.88. The van der Waals surface area contributed by atoms with Crippen LogP contribution in [0.5, 0.6) is 0 Å². The van der Waals surface area contributed by atoms with E-state index in [1.165, 1.54) is 5.56 Å².